The van der Waals surface area contributed by atoms with E-state index in [0.717, 1.165) is 5.92 Å². The lowest BCUT2D eigenvalue weighted by Crippen LogP contribution is -2.32. The molecule has 0 amide bonds. The number of hydrogen-bond acceptors (Lipinski definition) is 0. The summed E-state index contributed by atoms with van der Waals surface area (Å²) >= 11 is 0. The van der Waals surface area contributed by atoms with Crippen molar-refractivity contribution in [2.24, 2.45) is 7.05 Å². The van der Waals surface area contributed by atoms with Crippen LogP contribution in [0.4, 0.5) is 0 Å². The molecule has 0 N–H and O–H groups in total. The lowest BCUT2D eigenvalue weighted by molar-refractivity contribution is -0.633. The van der Waals surface area contributed by atoms with Crippen LogP contribution in [0.1, 0.15) is 42.7 Å². The molecular formula is C22H24N+. The van der Waals surface area contributed by atoms with E-state index in [1.165, 1.54) is 59.0 Å². The van der Waals surface area contributed by atoms with Gasteiger partial charge in [0.25, 0.3) is 0 Å². The van der Waals surface area contributed by atoms with Gasteiger partial charge in [0, 0.05) is 23.1 Å². The predicted molar refractivity (Wildman–Crippen MR) is 96.5 cm³/mol. The van der Waals surface area contributed by atoms with E-state index in [1.807, 2.05) is 0 Å². The maximum absolute atomic E-state index is 2.42. The molecule has 23 heavy (non-hydrogen) atoms. The Morgan fingerprint density at radius 1 is 0.913 bits per heavy atom. The van der Waals surface area contributed by atoms with Gasteiger partial charge in [-0.3, -0.25) is 0 Å². The van der Waals surface area contributed by atoms with Crippen LogP contribution in [0.3, 0.4) is 0 Å². The van der Waals surface area contributed by atoms with Crippen LogP contribution < -0.4 is 4.57 Å². The first kappa shape index (κ1) is 14.4. The Labute approximate surface area is 138 Å². The van der Waals surface area contributed by atoms with E-state index in [4.69, 9.17) is 0 Å². The van der Waals surface area contributed by atoms with Crippen molar-refractivity contribution in [3.8, 4) is 11.3 Å². The molecule has 1 heteroatoms. The number of rotatable bonds is 2. The zero-order valence-corrected chi connectivity index (χ0v) is 14.0. The number of pyridine rings is 1. The van der Waals surface area contributed by atoms with Gasteiger partial charge in [-0.25, -0.2) is 0 Å². The second-order valence-corrected chi connectivity index (χ2v) is 6.89. The van der Waals surface area contributed by atoms with Gasteiger partial charge in [-0.05, 0) is 55.0 Å². The van der Waals surface area contributed by atoms with Crippen LogP contribution in [0.25, 0.3) is 22.2 Å². The van der Waals surface area contributed by atoms with Crippen LogP contribution in [0.2, 0.25) is 0 Å². The van der Waals surface area contributed by atoms with Gasteiger partial charge in [0.2, 0.25) is 11.2 Å². The minimum Gasteiger partial charge on any atom is -0.194 e. The largest absolute Gasteiger partial charge is 0.213 e. The number of aryl methyl sites for hydroxylation is 2. The Morgan fingerprint density at radius 2 is 1.65 bits per heavy atom. The number of nitrogens with zero attached hydrogens (tertiary/aromatic N) is 1. The molecule has 0 radical (unpaired) electrons. The Bertz CT molecular complexity index is 857. The van der Waals surface area contributed by atoms with E-state index in [-0.39, 0.29) is 0 Å². The smallest absolute Gasteiger partial charge is 0.194 e. The lowest BCUT2D eigenvalue weighted by Gasteiger charge is -2.11. The van der Waals surface area contributed by atoms with Crippen molar-refractivity contribution in [1.82, 2.24) is 0 Å². The van der Waals surface area contributed by atoms with E-state index in [2.05, 4.69) is 73.1 Å². The number of fused-ring (bicyclic) bond motifs is 1. The Balaban J connectivity index is 1.87. The van der Waals surface area contributed by atoms with Crippen LogP contribution in [-0.2, 0) is 7.05 Å². The first-order valence-corrected chi connectivity index (χ1v) is 8.73. The molecule has 0 atom stereocenters. The summed E-state index contributed by atoms with van der Waals surface area (Å²) in [5.74, 6) is 0.765. The molecule has 1 nitrogen and oxygen atoms in total. The van der Waals surface area contributed by atoms with Gasteiger partial charge in [0.05, 0.1) is 0 Å². The molecular weight excluding hydrogens is 278 g/mol. The fourth-order valence-electron chi connectivity index (χ4n) is 4.05. The second kappa shape index (κ2) is 5.81. The van der Waals surface area contributed by atoms with Gasteiger partial charge in [-0.1, -0.05) is 37.1 Å². The standard InChI is InChI=1S/C22H24N/c1-16-7-3-6-10-20(16)21-14-13-18-11-12-19(15-22(18)23(21)2)17-8-4-5-9-17/h3,6-7,10-15,17H,4-5,8-9H2,1-2H3/q+1. The van der Waals surface area contributed by atoms with Crippen molar-refractivity contribution in [3.05, 3.63) is 65.7 Å². The number of benzene rings is 2. The van der Waals surface area contributed by atoms with E-state index in [0.29, 0.717) is 0 Å². The molecule has 116 valence electrons. The summed E-state index contributed by atoms with van der Waals surface area (Å²) in [6, 6.07) is 20.2. The SMILES string of the molecule is Cc1ccccc1-c1ccc2ccc(C3CCCC3)cc2[n+]1C. The predicted octanol–water partition coefficient (Wildman–Crippen LogP) is 5.30. The summed E-state index contributed by atoms with van der Waals surface area (Å²) in [6.07, 6.45) is 5.48. The van der Waals surface area contributed by atoms with Gasteiger partial charge in [-0.15, -0.1) is 0 Å². The molecule has 4 rings (SSSR count). The molecule has 0 unspecified atom stereocenters. The molecule has 1 aliphatic carbocycles. The minimum atomic E-state index is 0.765. The zero-order valence-electron chi connectivity index (χ0n) is 14.0. The molecule has 1 heterocycles. The highest BCUT2D eigenvalue weighted by Gasteiger charge is 2.20. The van der Waals surface area contributed by atoms with E-state index < -0.39 is 0 Å². The number of aromatic nitrogens is 1. The molecule has 1 saturated carbocycles. The van der Waals surface area contributed by atoms with E-state index >= 15 is 0 Å². The van der Waals surface area contributed by atoms with Crippen LogP contribution in [0, 0.1) is 6.92 Å². The maximum Gasteiger partial charge on any atom is 0.213 e. The van der Waals surface area contributed by atoms with Gasteiger partial charge in [-0.2, -0.15) is 4.57 Å². The van der Waals surface area contributed by atoms with Crippen molar-refractivity contribution in [1.29, 1.82) is 0 Å². The monoisotopic (exact) mass is 302 g/mol. The highest BCUT2D eigenvalue weighted by Crippen LogP contribution is 2.35. The quantitative estimate of drug-likeness (QED) is 0.566. The van der Waals surface area contributed by atoms with Crippen LogP contribution in [0.5, 0.6) is 0 Å². The summed E-state index contributed by atoms with van der Waals surface area (Å²) in [6.45, 7) is 2.19. The fourth-order valence-corrected chi connectivity index (χ4v) is 4.05. The summed E-state index contributed by atoms with van der Waals surface area (Å²) in [7, 11) is 2.20. The Kier molecular flexibility index (Phi) is 3.65. The summed E-state index contributed by atoms with van der Waals surface area (Å²) in [5, 5.41) is 1.33. The second-order valence-electron chi connectivity index (χ2n) is 6.89. The topological polar surface area (TPSA) is 3.88 Å². The van der Waals surface area contributed by atoms with Crippen molar-refractivity contribution < 1.29 is 4.57 Å². The molecule has 0 saturated heterocycles. The van der Waals surface area contributed by atoms with Crippen LogP contribution in [-0.4, -0.2) is 0 Å². The highest BCUT2D eigenvalue weighted by molar-refractivity contribution is 5.78. The first-order valence-electron chi connectivity index (χ1n) is 8.73. The van der Waals surface area contributed by atoms with Crippen molar-refractivity contribution >= 4 is 10.9 Å². The summed E-state index contributed by atoms with van der Waals surface area (Å²) in [5.41, 5.74) is 6.81. The van der Waals surface area contributed by atoms with Crippen LogP contribution in [0.15, 0.2) is 54.6 Å². The van der Waals surface area contributed by atoms with Gasteiger partial charge >= 0.3 is 0 Å². The van der Waals surface area contributed by atoms with E-state index in [1.54, 1.807) is 0 Å². The summed E-state index contributed by atoms with van der Waals surface area (Å²) in [4.78, 5) is 0. The van der Waals surface area contributed by atoms with Gasteiger partial charge < -0.3 is 0 Å². The fraction of sp³-hybridized carbons (Fsp3) is 0.318. The van der Waals surface area contributed by atoms with E-state index in [9.17, 15) is 0 Å². The third-order valence-corrected chi connectivity index (χ3v) is 5.45. The average molecular weight is 302 g/mol. The molecule has 1 aliphatic rings. The molecule has 0 bridgehead atoms. The zero-order chi connectivity index (χ0) is 15.8. The highest BCUT2D eigenvalue weighted by atomic mass is 14.9. The lowest BCUT2D eigenvalue weighted by atomic mass is 9.96. The van der Waals surface area contributed by atoms with Gasteiger partial charge in [0.15, 0.2) is 0 Å². The molecule has 2 aromatic carbocycles. The number of hydrogen-bond donors (Lipinski definition) is 0. The van der Waals surface area contributed by atoms with Crippen molar-refractivity contribution in [2.75, 3.05) is 0 Å². The normalized spacial score (nSPS) is 15.4. The molecule has 0 aliphatic heterocycles. The maximum atomic E-state index is 2.42. The third-order valence-electron chi connectivity index (χ3n) is 5.45. The average Bonchev–Trinajstić information content (AvgIpc) is 3.11. The molecule has 0 spiro atoms. The Hall–Kier alpha value is -2.15. The minimum absolute atomic E-state index is 0.765. The molecule has 1 aromatic heterocycles. The van der Waals surface area contributed by atoms with Crippen molar-refractivity contribution in [3.63, 3.8) is 0 Å². The van der Waals surface area contributed by atoms with Crippen molar-refractivity contribution in [2.45, 2.75) is 38.5 Å². The third kappa shape index (κ3) is 2.55. The van der Waals surface area contributed by atoms with Gasteiger partial charge in [0.1, 0.15) is 7.05 Å². The Morgan fingerprint density at radius 3 is 2.43 bits per heavy atom. The summed E-state index contributed by atoms with van der Waals surface area (Å²) < 4.78 is 2.36. The van der Waals surface area contributed by atoms with Crippen LogP contribution >= 0.6 is 0 Å². The molecule has 1 fully saturated rings. The first-order chi connectivity index (χ1) is 11.2. The molecule has 3 aromatic rings.